The van der Waals surface area contributed by atoms with Gasteiger partial charge >= 0.3 is 12.1 Å². The monoisotopic (exact) mass is 347 g/mol. The van der Waals surface area contributed by atoms with Crippen molar-refractivity contribution in [2.75, 3.05) is 17.9 Å². The van der Waals surface area contributed by atoms with Gasteiger partial charge in [0.25, 0.3) is 5.22 Å². The fourth-order valence-electron chi connectivity index (χ4n) is 1.68. The lowest BCUT2D eigenvalue weighted by molar-refractivity contribution is -0.158. The number of alkyl halides is 3. The number of amides is 1. The molecule has 1 amide bonds. The molecule has 0 saturated carbocycles. The zero-order valence-corrected chi connectivity index (χ0v) is 12.0. The normalized spacial score (nSPS) is 13.2. The summed E-state index contributed by atoms with van der Waals surface area (Å²) in [5.41, 5.74) is 0.473. The SMILES string of the molecule is O=C(CSc1nnc(C(F)(F)F)o1)Nc1ccc2c(c1)OCO2. The zero-order valence-electron chi connectivity index (χ0n) is 11.2. The summed E-state index contributed by atoms with van der Waals surface area (Å²) in [5.74, 6) is -1.00. The first-order valence-electron chi connectivity index (χ1n) is 6.15. The van der Waals surface area contributed by atoms with Gasteiger partial charge < -0.3 is 19.2 Å². The Morgan fingerprint density at radius 2 is 2.04 bits per heavy atom. The van der Waals surface area contributed by atoms with E-state index in [2.05, 4.69) is 19.9 Å². The Labute approximate surface area is 131 Å². The van der Waals surface area contributed by atoms with Gasteiger partial charge in [-0.25, -0.2) is 0 Å². The number of ether oxygens (including phenoxy) is 2. The van der Waals surface area contributed by atoms with E-state index in [-0.39, 0.29) is 17.8 Å². The summed E-state index contributed by atoms with van der Waals surface area (Å²) in [4.78, 5) is 11.8. The molecule has 1 aliphatic rings. The Morgan fingerprint density at radius 3 is 2.78 bits per heavy atom. The van der Waals surface area contributed by atoms with Crippen LogP contribution in [-0.4, -0.2) is 28.7 Å². The molecule has 1 N–H and O–H groups in total. The molecule has 0 aliphatic carbocycles. The number of rotatable bonds is 4. The summed E-state index contributed by atoms with van der Waals surface area (Å²) in [6.45, 7) is 0.112. The molecule has 1 aromatic heterocycles. The quantitative estimate of drug-likeness (QED) is 0.851. The average molecular weight is 347 g/mol. The van der Waals surface area contributed by atoms with Crippen LogP contribution in [0.5, 0.6) is 11.5 Å². The van der Waals surface area contributed by atoms with E-state index < -0.39 is 18.0 Å². The fourth-order valence-corrected chi connectivity index (χ4v) is 2.24. The van der Waals surface area contributed by atoms with Crippen LogP contribution in [0.1, 0.15) is 5.89 Å². The van der Waals surface area contributed by atoms with Gasteiger partial charge in [-0.15, -0.1) is 10.2 Å². The molecular formula is C12H8F3N3O4S. The van der Waals surface area contributed by atoms with E-state index in [4.69, 9.17) is 9.47 Å². The number of thioether (sulfide) groups is 1. The molecular weight excluding hydrogens is 339 g/mol. The fraction of sp³-hybridized carbons (Fsp3) is 0.250. The molecule has 0 radical (unpaired) electrons. The Balaban J connectivity index is 1.54. The standard InChI is InChI=1S/C12H8F3N3O4S/c13-12(14,15)10-17-18-11(22-10)23-4-9(19)16-6-1-2-7-8(3-6)21-5-20-7/h1-3H,4-5H2,(H,16,19). The third-order valence-corrected chi connectivity index (χ3v) is 3.45. The highest BCUT2D eigenvalue weighted by atomic mass is 32.2. The summed E-state index contributed by atoms with van der Waals surface area (Å²) in [6, 6.07) is 4.84. The minimum absolute atomic E-state index is 0.112. The van der Waals surface area contributed by atoms with Crippen molar-refractivity contribution in [1.29, 1.82) is 0 Å². The number of nitrogens with one attached hydrogen (secondary N) is 1. The lowest BCUT2D eigenvalue weighted by Gasteiger charge is -2.05. The molecule has 23 heavy (non-hydrogen) atoms. The van der Waals surface area contributed by atoms with Crippen molar-refractivity contribution in [3.63, 3.8) is 0 Å². The van der Waals surface area contributed by atoms with Gasteiger partial charge in [0.2, 0.25) is 12.7 Å². The number of hydrogen-bond donors (Lipinski definition) is 1. The van der Waals surface area contributed by atoms with Crippen molar-refractivity contribution in [2.45, 2.75) is 11.4 Å². The Bertz CT molecular complexity index is 735. The van der Waals surface area contributed by atoms with Crippen molar-refractivity contribution < 1.29 is 31.9 Å². The molecule has 122 valence electrons. The van der Waals surface area contributed by atoms with E-state index in [1.54, 1.807) is 18.2 Å². The van der Waals surface area contributed by atoms with Gasteiger partial charge in [0, 0.05) is 11.8 Å². The molecule has 0 unspecified atom stereocenters. The summed E-state index contributed by atoms with van der Waals surface area (Å²) >= 11 is 0.702. The summed E-state index contributed by atoms with van der Waals surface area (Å²) in [6.07, 6.45) is -4.71. The summed E-state index contributed by atoms with van der Waals surface area (Å²) in [7, 11) is 0. The van der Waals surface area contributed by atoms with Gasteiger partial charge in [-0.05, 0) is 12.1 Å². The molecule has 3 rings (SSSR count). The van der Waals surface area contributed by atoms with Gasteiger partial charge in [-0.2, -0.15) is 13.2 Å². The number of nitrogens with zero attached hydrogens (tertiary/aromatic N) is 2. The third kappa shape index (κ3) is 3.67. The Kier molecular flexibility index (Phi) is 4.03. The first-order valence-corrected chi connectivity index (χ1v) is 7.13. The number of hydrogen-bond acceptors (Lipinski definition) is 7. The maximum atomic E-state index is 12.3. The van der Waals surface area contributed by atoms with Gasteiger partial charge in [-0.1, -0.05) is 11.8 Å². The largest absolute Gasteiger partial charge is 0.470 e. The van der Waals surface area contributed by atoms with E-state index in [1.165, 1.54) is 0 Å². The lowest BCUT2D eigenvalue weighted by Crippen LogP contribution is -2.13. The van der Waals surface area contributed by atoms with Crippen LogP contribution in [-0.2, 0) is 11.0 Å². The van der Waals surface area contributed by atoms with Crippen LogP contribution in [0.3, 0.4) is 0 Å². The van der Waals surface area contributed by atoms with Gasteiger partial charge in [0.15, 0.2) is 11.5 Å². The highest BCUT2D eigenvalue weighted by Gasteiger charge is 2.38. The Morgan fingerprint density at radius 1 is 1.26 bits per heavy atom. The van der Waals surface area contributed by atoms with Crippen molar-refractivity contribution in [3.8, 4) is 11.5 Å². The smallest absolute Gasteiger partial charge is 0.454 e. The van der Waals surface area contributed by atoms with Crippen LogP contribution < -0.4 is 14.8 Å². The van der Waals surface area contributed by atoms with Gasteiger partial charge in [-0.3, -0.25) is 4.79 Å². The van der Waals surface area contributed by atoms with Crippen molar-refractivity contribution in [1.82, 2.24) is 10.2 Å². The second-order valence-corrected chi connectivity index (χ2v) is 5.20. The maximum absolute atomic E-state index is 12.3. The molecule has 0 spiro atoms. The topological polar surface area (TPSA) is 86.5 Å². The molecule has 0 saturated heterocycles. The predicted molar refractivity (Wildman–Crippen MR) is 71.2 cm³/mol. The van der Waals surface area contributed by atoms with E-state index in [1.807, 2.05) is 0 Å². The number of carbonyl (C=O) groups excluding carboxylic acids is 1. The summed E-state index contributed by atoms with van der Waals surface area (Å²) in [5, 5.41) is 8.32. The molecule has 2 aromatic rings. The molecule has 2 heterocycles. The Hall–Kier alpha value is -2.43. The number of carbonyl (C=O) groups is 1. The van der Waals surface area contributed by atoms with E-state index in [0.717, 1.165) is 0 Å². The summed E-state index contributed by atoms with van der Waals surface area (Å²) < 4.78 is 51.6. The molecule has 1 aliphatic heterocycles. The van der Waals surface area contributed by atoms with E-state index >= 15 is 0 Å². The second kappa shape index (κ2) is 5.99. The second-order valence-electron chi connectivity index (χ2n) is 4.28. The molecule has 1 aromatic carbocycles. The maximum Gasteiger partial charge on any atom is 0.470 e. The van der Waals surface area contributed by atoms with Crippen LogP contribution in [0, 0.1) is 0 Å². The van der Waals surface area contributed by atoms with Crippen molar-refractivity contribution >= 4 is 23.4 Å². The number of fused-ring (bicyclic) bond motifs is 1. The van der Waals surface area contributed by atoms with Crippen LogP contribution in [0.2, 0.25) is 0 Å². The molecule has 0 bridgehead atoms. The van der Waals surface area contributed by atoms with Crippen molar-refractivity contribution in [3.05, 3.63) is 24.1 Å². The zero-order chi connectivity index (χ0) is 16.4. The first kappa shape index (κ1) is 15.5. The lowest BCUT2D eigenvalue weighted by atomic mass is 10.3. The highest BCUT2D eigenvalue weighted by Crippen LogP contribution is 2.34. The third-order valence-electron chi connectivity index (χ3n) is 2.63. The highest BCUT2D eigenvalue weighted by molar-refractivity contribution is 7.99. The minimum Gasteiger partial charge on any atom is -0.454 e. The van der Waals surface area contributed by atoms with Crippen molar-refractivity contribution in [2.24, 2.45) is 0 Å². The first-order chi connectivity index (χ1) is 10.9. The number of aromatic nitrogens is 2. The average Bonchev–Trinajstić information content (AvgIpc) is 3.13. The van der Waals surface area contributed by atoms with Crippen LogP contribution in [0.25, 0.3) is 0 Å². The number of halogens is 3. The van der Waals surface area contributed by atoms with E-state index in [9.17, 15) is 18.0 Å². The predicted octanol–water partition coefficient (Wildman–Crippen LogP) is 2.55. The number of benzene rings is 1. The van der Waals surface area contributed by atoms with Crippen LogP contribution in [0.15, 0.2) is 27.8 Å². The number of anilines is 1. The minimum atomic E-state index is -4.71. The van der Waals surface area contributed by atoms with Gasteiger partial charge in [0.05, 0.1) is 5.75 Å². The molecule has 0 atom stereocenters. The molecule has 11 heteroatoms. The van der Waals surface area contributed by atoms with Gasteiger partial charge in [0.1, 0.15) is 0 Å². The van der Waals surface area contributed by atoms with Crippen LogP contribution in [0.4, 0.5) is 18.9 Å². The van der Waals surface area contributed by atoms with Crippen LogP contribution >= 0.6 is 11.8 Å². The van der Waals surface area contributed by atoms with E-state index in [0.29, 0.717) is 28.9 Å². The molecule has 7 nitrogen and oxygen atoms in total. The molecule has 0 fully saturated rings.